The molecule has 0 bridgehead atoms. The number of anilines is 1. The molecule has 2 aromatic heterocycles. The Morgan fingerprint density at radius 1 is 1.25 bits per heavy atom. The Bertz CT molecular complexity index is 817. The Morgan fingerprint density at radius 3 is 2.96 bits per heavy atom. The first kappa shape index (κ1) is 15.7. The fourth-order valence-electron chi connectivity index (χ4n) is 2.11. The van der Waals surface area contributed by atoms with Crippen LogP contribution in [0.25, 0.3) is 0 Å². The lowest BCUT2D eigenvalue weighted by Crippen LogP contribution is -2.19. The first-order valence-electron chi connectivity index (χ1n) is 7.48. The normalized spacial score (nSPS) is 10.4. The van der Waals surface area contributed by atoms with Crippen LogP contribution < -0.4 is 10.1 Å². The quantitative estimate of drug-likeness (QED) is 0.752. The molecule has 0 fully saturated rings. The zero-order valence-corrected chi connectivity index (χ0v) is 13.2. The molecule has 0 atom stereocenters. The largest absolute Gasteiger partial charge is 0.487 e. The molecule has 0 radical (unpaired) electrons. The third kappa shape index (κ3) is 4.39. The lowest BCUT2D eigenvalue weighted by molar-refractivity contribution is -0.116. The second-order valence-corrected chi connectivity index (χ2v) is 5.28. The van der Waals surface area contributed by atoms with Crippen LogP contribution in [0.2, 0.25) is 0 Å². The van der Waals surface area contributed by atoms with Crippen molar-refractivity contribution >= 4 is 11.7 Å². The molecule has 0 saturated heterocycles. The zero-order chi connectivity index (χ0) is 16.8. The van der Waals surface area contributed by atoms with Crippen LogP contribution in [0.3, 0.4) is 0 Å². The predicted molar refractivity (Wildman–Crippen MR) is 88.4 cm³/mol. The molecule has 24 heavy (non-hydrogen) atoms. The summed E-state index contributed by atoms with van der Waals surface area (Å²) in [7, 11) is 0. The third-order valence-electron chi connectivity index (χ3n) is 3.20. The first-order valence-corrected chi connectivity index (χ1v) is 7.48. The van der Waals surface area contributed by atoms with Gasteiger partial charge in [0.05, 0.1) is 6.20 Å². The number of carbonyl (C=O) groups is 1. The van der Waals surface area contributed by atoms with Crippen molar-refractivity contribution in [2.45, 2.75) is 20.1 Å². The topological polar surface area (TPSA) is 81.9 Å². The maximum Gasteiger partial charge on any atom is 0.247 e. The minimum atomic E-state index is -0.218. The highest BCUT2D eigenvalue weighted by Gasteiger charge is 2.07. The van der Waals surface area contributed by atoms with E-state index in [4.69, 9.17) is 4.74 Å². The van der Waals surface area contributed by atoms with Gasteiger partial charge in [0.1, 0.15) is 30.4 Å². The molecule has 1 amide bonds. The van der Waals surface area contributed by atoms with Crippen molar-refractivity contribution in [3.8, 4) is 5.75 Å². The number of aromatic nitrogens is 4. The molecule has 2 heterocycles. The summed E-state index contributed by atoms with van der Waals surface area (Å²) in [5, 5.41) is 10.6. The van der Waals surface area contributed by atoms with E-state index in [2.05, 4.69) is 20.6 Å². The lowest BCUT2D eigenvalue weighted by atomic mass is 10.2. The van der Waals surface area contributed by atoms with E-state index in [0.29, 0.717) is 18.1 Å². The van der Waals surface area contributed by atoms with Gasteiger partial charge in [0, 0.05) is 6.20 Å². The van der Waals surface area contributed by atoms with Crippen LogP contribution in [-0.2, 0) is 17.9 Å². The molecule has 3 rings (SSSR count). The van der Waals surface area contributed by atoms with Crippen LogP contribution in [0.5, 0.6) is 5.75 Å². The van der Waals surface area contributed by atoms with Gasteiger partial charge in [0.15, 0.2) is 0 Å². The lowest BCUT2D eigenvalue weighted by Gasteiger charge is -2.04. The van der Waals surface area contributed by atoms with E-state index in [1.54, 1.807) is 30.6 Å². The number of rotatable bonds is 6. The molecule has 0 aliphatic rings. The number of pyridine rings is 1. The Kier molecular flexibility index (Phi) is 4.81. The second-order valence-electron chi connectivity index (χ2n) is 5.28. The molecule has 0 aliphatic heterocycles. The Hall–Kier alpha value is -3.22. The number of aryl methyl sites for hydroxylation is 1. The van der Waals surface area contributed by atoms with Gasteiger partial charge in [-0.3, -0.25) is 4.79 Å². The maximum atomic E-state index is 11.9. The van der Waals surface area contributed by atoms with Gasteiger partial charge in [-0.05, 0) is 36.8 Å². The van der Waals surface area contributed by atoms with Crippen molar-refractivity contribution in [2.75, 3.05) is 5.32 Å². The zero-order valence-electron chi connectivity index (χ0n) is 13.2. The van der Waals surface area contributed by atoms with Crippen LogP contribution >= 0.6 is 0 Å². The van der Waals surface area contributed by atoms with Gasteiger partial charge in [-0.2, -0.15) is 0 Å². The Labute approximate surface area is 139 Å². The summed E-state index contributed by atoms with van der Waals surface area (Å²) in [5.74, 6) is 1.06. The number of hydrogen-bond acceptors (Lipinski definition) is 5. The molecule has 1 N–H and O–H groups in total. The highest BCUT2D eigenvalue weighted by atomic mass is 16.5. The van der Waals surface area contributed by atoms with Gasteiger partial charge in [0.25, 0.3) is 0 Å². The third-order valence-corrected chi connectivity index (χ3v) is 3.20. The predicted octanol–water partition coefficient (Wildman–Crippen LogP) is 2.20. The van der Waals surface area contributed by atoms with Crippen molar-refractivity contribution < 1.29 is 9.53 Å². The van der Waals surface area contributed by atoms with Gasteiger partial charge in [-0.1, -0.05) is 23.4 Å². The van der Waals surface area contributed by atoms with Crippen LogP contribution in [0.1, 0.15) is 11.3 Å². The monoisotopic (exact) mass is 323 g/mol. The summed E-state index contributed by atoms with van der Waals surface area (Å²) in [4.78, 5) is 16.0. The van der Waals surface area contributed by atoms with Gasteiger partial charge >= 0.3 is 0 Å². The molecular formula is C17H17N5O2. The van der Waals surface area contributed by atoms with Crippen LogP contribution in [0, 0.1) is 6.92 Å². The molecule has 3 aromatic rings. The summed E-state index contributed by atoms with van der Waals surface area (Å²) in [6.07, 6.45) is 3.31. The SMILES string of the molecule is Cc1cccc(OCc2cn(CC(=O)Nc3ccccn3)nn2)c1. The van der Waals surface area contributed by atoms with Gasteiger partial charge in [0.2, 0.25) is 5.91 Å². The minimum absolute atomic E-state index is 0.0635. The number of ether oxygens (including phenoxy) is 1. The van der Waals surface area contributed by atoms with E-state index in [1.165, 1.54) is 4.68 Å². The molecular weight excluding hydrogens is 306 g/mol. The number of benzene rings is 1. The summed E-state index contributed by atoms with van der Waals surface area (Å²) in [6.45, 7) is 2.36. The second kappa shape index (κ2) is 7.36. The molecule has 1 aromatic carbocycles. The molecule has 0 spiro atoms. The maximum absolute atomic E-state index is 11.9. The number of hydrogen-bond donors (Lipinski definition) is 1. The summed E-state index contributed by atoms with van der Waals surface area (Å²) in [6, 6.07) is 13.1. The van der Waals surface area contributed by atoms with Gasteiger partial charge in [-0.25, -0.2) is 9.67 Å². The van der Waals surface area contributed by atoms with Gasteiger partial charge in [-0.15, -0.1) is 5.10 Å². The smallest absolute Gasteiger partial charge is 0.247 e. The van der Waals surface area contributed by atoms with E-state index in [9.17, 15) is 4.79 Å². The van der Waals surface area contributed by atoms with Crippen LogP contribution in [0.15, 0.2) is 54.9 Å². The summed E-state index contributed by atoms with van der Waals surface area (Å²) in [5.41, 5.74) is 1.78. The minimum Gasteiger partial charge on any atom is -0.487 e. The number of nitrogens with one attached hydrogen (secondary N) is 1. The van der Waals surface area contributed by atoms with Crippen molar-refractivity contribution in [2.24, 2.45) is 0 Å². The molecule has 7 heteroatoms. The van der Waals surface area contributed by atoms with Crippen molar-refractivity contribution in [1.29, 1.82) is 0 Å². The first-order chi connectivity index (χ1) is 11.7. The average Bonchev–Trinajstić information content (AvgIpc) is 3.01. The van der Waals surface area contributed by atoms with Gasteiger partial charge < -0.3 is 10.1 Å². The number of amides is 1. The summed E-state index contributed by atoms with van der Waals surface area (Å²) >= 11 is 0. The number of carbonyl (C=O) groups excluding carboxylic acids is 1. The van der Waals surface area contributed by atoms with Crippen molar-refractivity contribution in [1.82, 2.24) is 20.0 Å². The standard InChI is InChI=1S/C17H17N5O2/c1-13-5-4-6-15(9-13)24-12-14-10-22(21-20-14)11-17(23)19-16-7-2-3-8-18-16/h2-10H,11-12H2,1H3,(H,18,19,23). The Morgan fingerprint density at radius 2 is 2.17 bits per heavy atom. The van der Waals surface area contributed by atoms with E-state index in [0.717, 1.165) is 11.3 Å². The fourth-order valence-corrected chi connectivity index (χ4v) is 2.11. The highest BCUT2D eigenvalue weighted by Crippen LogP contribution is 2.13. The van der Waals surface area contributed by atoms with Crippen LogP contribution in [-0.4, -0.2) is 25.9 Å². The highest BCUT2D eigenvalue weighted by molar-refractivity contribution is 5.89. The number of nitrogens with zero attached hydrogens (tertiary/aromatic N) is 4. The molecule has 122 valence electrons. The van der Waals surface area contributed by atoms with Crippen molar-refractivity contribution in [3.05, 3.63) is 66.1 Å². The van der Waals surface area contributed by atoms with Crippen molar-refractivity contribution in [3.63, 3.8) is 0 Å². The molecule has 0 saturated carbocycles. The van der Waals surface area contributed by atoms with E-state index >= 15 is 0 Å². The van der Waals surface area contributed by atoms with E-state index < -0.39 is 0 Å². The van der Waals surface area contributed by atoms with E-state index in [1.807, 2.05) is 31.2 Å². The fraction of sp³-hybridized carbons (Fsp3) is 0.176. The molecule has 0 aliphatic carbocycles. The molecule has 7 nitrogen and oxygen atoms in total. The van der Waals surface area contributed by atoms with E-state index in [-0.39, 0.29) is 12.5 Å². The Balaban J connectivity index is 1.52. The average molecular weight is 323 g/mol. The molecule has 0 unspecified atom stereocenters. The summed E-state index contributed by atoms with van der Waals surface area (Å²) < 4.78 is 7.13. The van der Waals surface area contributed by atoms with Crippen LogP contribution in [0.4, 0.5) is 5.82 Å².